The van der Waals surface area contributed by atoms with Crippen molar-refractivity contribution < 1.29 is 0 Å². The maximum absolute atomic E-state index is 4.26. The third-order valence-corrected chi connectivity index (χ3v) is 3.49. The molecule has 0 saturated carbocycles. The Morgan fingerprint density at radius 2 is 2.10 bits per heavy atom. The van der Waals surface area contributed by atoms with Gasteiger partial charge in [-0.1, -0.05) is 31.2 Å². The highest BCUT2D eigenvalue weighted by Gasteiger charge is 2.12. The number of benzene rings is 1. The Hall–Kier alpha value is -1.75. The fraction of sp³-hybridized carbons (Fsp3) is 0.533. The van der Waals surface area contributed by atoms with Gasteiger partial charge in [-0.2, -0.15) is 4.80 Å². The third kappa shape index (κ3) is 4.13. The molecule has 0 aliphatic carbocycles. The number of nitrogens with zero attached hydrogens (tertiary/aromatic N) is 4. The number of hydrogen-bond acceptors (Lipinski definition) is 4. The molecule has 20 heavy (non-hydrogen) atoms. The molecule has 0 saturated heterocycles. The van der Waals surface area contributed by atoms with Gasteiger partial charge in [0.2, 0.25) is 0 Å². The minimum Gasteiger partial charge on any atom is -0.314 e. The van der Waals surface area contributed by atoms with Crippen molar-refractivity contribution in [3.05, 3.63) is 41.2 Å². The third-order valence-electron chi connectivity index (χ3n) is 3.49. The van der Waals surface area contributed by atoms with E-state index < -0.39 is 0 Å². The topological polar surface area (TPSA) is 55.6 Å². The molecule has 0 aliphatic rings. The molecule has 108 valence electrons. The van der Waals surface area contributed by atoms with E-state index >= 15 is 0 Å². The Morgan fingerprint density at radius 3 is 2.75 bits per heavy atom. The van der Waals surface area contributed by atoms with Gasteiger partial charge >= 0.3 is 0 Å². The van der Waals surface area contributed by atoms with Crippen molar-refractivity contribution in [2.45, 2.75) is 39.2 Å². The molecule has 2 aromatic rings. The molecule has 1 N–H and O–H groups in total. The number of aryl methyl sites for hydroxylation is 3. The standard InChI is InChI=1S/C15H23N5/c1-4-16-14(11-15-17-19-20(3)18-15)10-9-13-8-6-5-7-12(13)2/h5-8,14,16H,4,9-11H2,1-3H3. The molecule has 0 spiro atoms. The summed E-state index contributed by atoms with van der Waals surface area (Å²) in [4.78, 5) is 1.51. The van der Waals surface area contributed by atoms with Crippen LogP contribution in [-0.2, 0) is 19.9 Å². The van der Waals surface area contributed by atoms with Gasteiger partial charge in [0, 0.05) is 12.5 Å². The van der Waals surface area contributed by atoms with Gasteiger partial charge < -0.3 is 5.32 Å². The highest BCUT2D eigenvalue weighted by atomic mass is 15.6. The van der Waals surface area contributed by atoms with Crippen molar-refractivity contribution in [3.8, 4) is 0 Å². The zero-order valence-electron chi connectivity index (χ0n) is 12.5. The summed E-state index contributed by atoms with van der Waals surface area (Å²) >= 11 is 0. The summed E-state index contributed by atoms with van der Waals surface area (Å²) in [5, 5.41) is 15.7. The second-order valence-corrected chi connectivity index (χ2v) is 5.12. The monoisotopic (exact) mass is 273 g/mol. The zero-order valence-corrected chi connectivity index (χ0v) is 12.5. The van der Waals surface area contributed by atoms with Crippen LogP contribution in [0.25, 0.3) is 0 Å². The van der Waals surface area contributed by atoms with Crippen LogP contribution in [0.1, 0.15) is 30.3 Å². The first kappa shape index (κ1) is 14.7. The second-order valence-electron chi connectivity index (χ2n) is 5.12. The van der Waals surface area contributed by atoms with E-state index in [0.29, 0.717) is 6.04 Å². The summed E-state index contributed by atoms with van der Waals surface area (Å²) in [6.45, 7) is 5.26. The van der Waals surface area contributed by atoms with E-state index in [-0.39, 0.29) is 0 Å². The van der Waals surface area contributed by atoms with E-state index in [1.165, 1.54) is 15.9 Å². The van der Waals surface area contributed by atoms with Crippen molar-refractivity contribution in [1.29, 1.82) is 0 Å². The number of tetrazole rings is 1. The van der Waals surface area contributed by atoms with Crippen LogP contribution in [0.15, 0.2) is 24.3 Å². The zero-order chi connectivity index (χ0) is 14.4. The van der Waals surface area contributed by atoms with E-state index in [2.05, 4.69) is 58.8 Å². The summed E-state index contributed by atoms with van der Waals surface area (Å²) in [5.41, 5.74) is 2.78. The minimum atomic E-state index is 0.392. The quantitative estimate of drug-likeness (QED) is 0.834. The molecule has 0 fully saturated rings. The molecule has 0 amide bonds. The number of nitrogens with one attached hydrogen (secondary N) is 1. The summed E-state index contributed by atoms with van der Waals surface area (Å²) < 4.78 is 0. The Bertz CT molecular complexity index is 535. The van der Waals surface area contributed by atoms with Gasteiger partial charge in [-0.15, -0.1) is 10.2 Å². The van der Waals surface area contributed by atoms with E-state index in [1.807, 2.05) is 0 Å². The molecule has 1 aromatic carbocycles. The summed E-state index contributed by atoms with van der Waals surface area (Å²) in [5.74, 6) is 0.809. The van der Waals surface area contributed by atoms with Crippen LogP contribution in [0.5, 0.6) is 0 Å². The van der Waals surface area contributed by atoms with Gasteiger partial charge in [0.25, 0.3) is 0 Å². The van der Waals surface area contributed by atoms with Crippen LogP contribution in [0.4, 0.5) is 0 Å². The van der Waals surface area contributed by atoms with Gasteiger partial charge in [-0.3, -0.25) is 0 Å². The van der Waals surface area contributed by atoms with E-state index in [0.717, 1.165) is 31.6 Å². The van der Waals surface area contributed by atoms with Gasteiger partial charge in [0.15, 0.2) is 5.82 Å². The molecule has 0 radical (unpaired) electrons. The van der Waals surface area contributed by atoms with Crippen LogP contribution >= 0.6 is 0 Å². The molecule has 0 aliphatic heterocycles. The predicted molar refractivity (Wildman–Crippen MR) is 79.5 cm³/mol. The molecule has 5 nitrogen and oxygen atoms in total. The molecule has 2 rings (SSSR count). The molecule has 5 heteroatoms. The van der Waals surface area contributed by atoms with Crippen molar-refractivity contribution >= 4 is 0 Å². The van der Waals surface area contributed by atoms with E-state index in [1.54, 1.807) is 7.05 Å². The lowest BCUT2D eigenvalue weighted by atomic mass is 9.99. The first-order valence-electron chi connectivity index (χ1n) is 7.19. The maximum atomic E-state index is 4.26. The summed E-state index contributed by atoms with van der Waals surface area (Å²) in [7, 11) is 1.80. The summed E-state index contributed by atoms with van der Waals surface area (Å²) in [6, 6.07) is 8.96. The minimum absolute atomic E-state index is 0.392. The van der Waals surface area contributed by atoms with E-state index in [9.17, 15) is 0 Å². The average molecular weight is 273 g/mol. The molecule has 1 heterocycles. The van der Waals surface area contributed by atoms with Crippen molar-refractivity contribution in [2.75, 3.05) is 6.54 Å². The van der Waals surface area contributed by atoms with Crippen molar-refractivity contribution in [2.24, 2.45) is 7.05 Å². The molecule has 1 unspecified atom stereocenters. The lowest BCUT2D eigenvalue weighted by Gasteiger charge is -2.16. The fourth-order valence-electron chi connectivity index (χ4n) is 2.41. The lowest BCUT2D eigenvalue weighted by molar-refractivity contribution is 0.480. The van der Waals surface area contributed by atoms with Crippen LogP contribution in [0.3, 0.4) is 0 Å². The van der Waals surface area contributed by atoms with Crippen LogP contribution < -0.4 is 5.32 Å². The highest BCUT2D eigenvalue weighted by molar-refractivity contribution is 5.25. The van der Waals surface area contributed by atoms with Crippen LogP contribution in [-0.4, -0.2) is 32.8 Å². The van der Waals surface area contributed by atoms with Crippen LogP contribution in [0, 0.1) is 6.92 Å². The normalized spacial score (nSPS) is 12.6. The molecule has 0 bridgehead atoms. The largest absolute Gasteiger partial charge is 0.314 e. The van der Waals surface area contributed by atoms with Crippen molar-refractivity contribution in [1.82, 2.24) is 25.5 Å². The van der Waals surface area contributed by atoms with Crippen molar-refractivity contribution in [3.63, 3.8) is 0 Å². The fourth-order valence-corrected chi connectivity index (χ4v) is 2.41. The maximum Gasteiger partial charge on any atom is 0.176 e. The van der Waals surface area contributed by atoms with Gasteiger partial charge in [-0.05, 0) is 42.7 Å². The van der Waals surface area contributed by atoms with Gasteiger partial charge in [0.1, 0.15) is 0 Å². The average Bonchev–Trinajstić information content (AvgIpc) is 2.83. The lowest BCUT2D eigenvalue weighted by Crippen LogP contribution is -2.32. The molecular weight excluding hydrogens is 250 g/mol. The number of hydrogen-bond donors (Lipinski definition) is 1. The Kier molecular flexibility index (Phi) is 5.24. The second kappa shape index (κ2) is 7.14. The predicted octanol–water partition coefficient (Wildman–Crippen LogP) is 1.67. The molecule has 1 aromatic heterocycles. The van der Waals surface area contributed by atoms with E-state index in [4.69, 9.17) is 0 Å². The molecular formula is C15H23N5. The van der Waals surface area contributed by atoms with Gasteiger partial charge in [-0.25, -0.2) is 0 Å². The number of aromatic nitrogens is 4. The Balaban J connectivity index is 1.94. The Labute approximate surface area is 120 Å². The number of rotatable bonds is 7. The number of likely N-dealkylation sites (N-methyl/N-ethyl adjacent to an activating group) is 1. The van der Waals surface area contributed by atoms with Crippen LogP contribution in [0.2, 0.25) is 0 Å². The SMILES string of the molecule is CCNC(CCc1ccccc1C)Cc1nnn(C)n1. The first-order valence-corrected chi connectivity index (χ1v) is 7.19. The summed E-state index contributed by atoms with van der Waals surface area (Å²) in [6.07, 6.45) is 2.98. The highest BCUT2D eigenvalue weighted by Crippen LogP contribution is 2.12. The first-order chi connectivity index (χ1) is 9.69. The van der Waals surface area contributed by atoms with Gasteiger partial charge in [0.05, 0.1) is 7.05 Å². The molecule has 1 atom stereocenters. The smallest absolute Gasteiger partial charge is 0.176 e. The Morgan fingerprint density at radius 1 is 1.30 bits per heavy atom.